The van der Waals surface area contributed by atoms with Crippen molar-refractivity contribution in [2.24, 2.45) is 5.92 Å². The van der Waals surface area contributed by atoms with E-state index in [-0.39, 0.29) is 12.5 Å². The third-order valence-electron chi connectivity index (χ3n) is 3.82. The first-order valence-electron chi connectivity index (χ1n) is 7.37. The molecule has 5 heteroatoms. The number of ether oxygens (including phenoxy) is 1. The number of aliphatic carboxylic acids is 1. The fourth-order valence-corrected chi connectivity index (χ4v) is 2.73. The molecule has 0 aromatic heterocycles. The number of amides is 1. The first kappa shape index (κ1) is 15.4. The van der Waals surface area contributed by atoms with Crippen molar-refractivity contribution in [1.29, 1.82) is 0 Å². The summed E-state index contributed by atoms with van der Waals surface area (Å²) < 4.78 is 5.33. The van der Waals surface area contributed by atoms with Gasteiger partial charge in [-0.15, -0.1) is 0 Å². The number of carboxylic acids is 1. The molecule has 1 aliphatic carbocycles. The molecule has 1 atom stereocenters. The van der Waals surface area contributed by atoms with Crippen molar-refractivity contribution in [3.63, 3.8) is 0 Å². The normalized spacial score (nSPS) is 17.0. The number of carbonyl (C=O) groups excluding carboxylic acids is 1. The van der Waals surface area contributed by atoms with Crippen LogP contribution >= 0.6 is 0 Å². The molecule has 5 nitrogen and oxygen atoms in total. The van der Waals surface area contributed by atoms with Crippen LogP contribution in [0.25, 0.3) is 0 Å². The maximum Gasteiger partial charge on any atom is 0.326 e. The fourth-order valence-electron chi connectivity index (χ4n) is 2.73. The Bertz CT molecular complexity index is 468. The zero-order valence-electron chi connectivity index (χ0n) is 12.0. The first-order valence-corrected chi connectivity index (χ1v) is 7.37. The molecule has 0 spiro atoms. The molecule has 1 saturated carbocycles. The number of para-hydroxylation sites is 1. The molecule has 0 aliphatic heterocycles. The Kier molecular flexibility index (Phi) is 5.60. The molecule has 0 heterocycles. The van der Waals surface area contributed by atoms with Crippen molar-refractivity contribution in [1.82, 2.24) is 5.32 Å². The van der Waals surface area contributed by atoms with Crippen molar-refractivity contribution in [3.05, 3.63) is 30.3 Å². The smallest absolute Gasteiger partial charge is 0.326 e. The Morgan fingerprint density at radius 1 is 1.19 bits per heavy atom. The highest BCUT2D eigenvalue weighted by molar-refractivity contribution is 5.84. The third kappa shape index (κ3) is 4.77. The van der Waals surface area contributed by atoms with Crippen LogP contribution in [0, 0.1) is 5.92 Å². The minimum absolute atomic E-state index is 0.0249. The third-order valence-corrected chi connectivity index (χ3v) is 3.82. The lowest BCUT2D eigenvalue weighted by atomic mass is 9.84. The molecule has 0 radical (unpaired) electrons. The van der Waals surface area contributed by atoms with Gasteiger partial charge < -0.3 is 15.2 Å². The molecule has 2 rings (SSSR count). The summed E-state index contributed by atoms with van der Waals surface area (Å²) in [7, 11) is 0. The monoisotopic (exact) mass is 291 g/mol. The topological polar surface area (TPSA) is 75.6 Å². The van der Waals surface area contributed by atoms with Gasteiger partial charge in [-0.25, -0.2) is 4.79 Å². The van der Waals surface area contributed by atoms with Crippen molar-refractivity contribution in [3.8, 4) is 5.75 Å². The van der Waals surface area contributed by atoms with Crippen LogP contribution in [0.1, 0.15) is 32.1 Å². The van der Waals surface area contributed by atoms with Gasteiger partial charge in [0.05, 0.1) is 0 Å². The van der Waals surface area contributed by atoms with Crippen LogP contribution in [0.15, 0.2) is 30.3 Å². The fraction of sp³-hybridized carbons (Fsp3) is 0.500. The predicted molar refractivity (Wildman–Crippen MR) is 78.1 cm³/mol. The second-order valence-corrected chi connectivity index (χ2v) is 5.38. The Labute approximate surface area is 124 Å². The summed E-state index contributed by atoms with van der Waals surface area (Å²) in [6, 6.07) is 8.19. The Morgan fingerprint density at radius 3 is 2.48 bits per heavy atom. The van der Waals surface area contributed by atoms with Gasteiger partial charge in [0.25, 0.3) is 5.91 Å². The lowest BCUT2D eigenvalue weighted by Crippen LogP contribution is -2.48. The Hall–Kier alpha value is -2.04. The summed E-state index contributed by atoms with van der Waals surface area (Å²) in [4.78, 5) is 23.2. The summed E-state index contributed by atoms with van der Waals surface area (Å²) >= 11 is 0. The largest absolute Gasteiger partial charge is 0.484 e. The Morgan fingerprint density at radius 2 is 1.86 bits per heavy atom. The van der Waals surface area contributed by atoms with E-state index in [9.17, 15) is 14.7 Å². The predicted octanol–water partition coefficient (Wildman–Crippen LogP) is 2.22. The molecule has 1 fully saturated rings. The average molecular weight is 291 g/mol. The van der Waals surface area contributed by atoms with Crippen LogP contribution in [0.5, 0.6) is 5.75 Å². The van der Waals surface area contributed by atoms with Gasteiger partial charge in [-0.2, -0.15) is 0 Å². The molecular formula is C16H21NO4. The highest BCUT2D eigenvalue weighted by Gasteiger charge is 2.30. The lowest BCUT2D eigenvalue weighted by molar-refractivity contribution is -0.144. The molecule has 0 saturated heterocycles. The number of rotatable bonds is 6. The zero-order valence-corrected chi connectivity index (χ0v) is 12.0. The molecule has 1 unspecified atom stereocenters. The van der Waals surface area contributed by atoms with Gasteiger partial charge in [0.15, 0.2) is 6.61 Å². The standard InChI is InChI=1S/C16H21NO4/c18-14(11-21-13-9-5-2-6-10-13)17-15(16(19)20)12-7-3-1-4-8-12/h2,5-6,9-10,12,15H,1,3-4,7-8,11H2,(H,17,18)(H,19,20). The van der Waals surface area contributed by atoms with E-state index in [1.807, 2.05) is 18.2 Å². The molecule has 1 aliphatic rings. The van der Waals surface area contributed by atoms with Crippen molar-refractivity contribution >= 4 is 11.9 Å². The van der Waals surface area contributed by atoms with Crippen LogP contribution in [0.2, 0.25) is 0 Å². The van der Waals surface area contributed by atoms with Gasteiger partial charge in [0.2, 0.25) is 0 Å². The minimum atomic E-state index is -0.963. The van der Waals surface area contributed by atoms with Crippen LogP contribution < -0.4 is 10.1 Å². The number of benzene rings is 1. The van der Waals surface area contributed by atoms with Crippen LogP contribution in [0.4, 0.5) is 0 Å². The molecule has 1 aromatic rings. The van der Waals surface area contributed by atoms with Gasteiger partial charge in [-0.05, 0) is 30.9 Å². The zero-order chi connectivity index (χ0) is 15.1. The summed E-state index contributed by atoms with van der Waals surface area (Å²) in [6.45, 7) is -0.166. The van der Waals surface area contributed by atoms with Gasteiger partial charge in [0.1, 0.15) is 11.8 Å². The quantitative estimate of drug-likeness (QED) is 0.842. The number of carbonyl (C=O) groups is 2. The van der Waals surface area contributed by atoms with E-state index in [4.69, 9.17) is 4.74 Å². The summed E-state index contributed by atoms with van der Waals surface area (Å²) in [5, 5.41) is 11.9. The maximum atomic E-state index is 11.9. The molecule has 1 aromatic carbocycles. The second kappa shape index (κ2) is 7.67. The van der Waals surface area contributed by atoms with E-state index in [0.717, 1.165) is 32.1 Å². The molecule has 0 bridgehead atoms. The molecule has 2 N–H and O–H groups in total. The van der Waals surface area contributed by atoms with Gasteiger partial charge in [-0.3, -0.25) is 4.79 Å². The molecule has 21 heavy (non-hydrogen) atoms. The highest BCUT2D eigenvalue weighted by atomic mass is 16.5. The minimum Gasteiger partial charge on any atom is -0.484 e. The number of carboxylic acid groups (broad SMARTS) is 1. The van der Waals surface area contributed by atoms with E-state index in [1.54, 1.807) is 12.1 Å². The Balaban J connectivity index is 1.84. The maximum absolute atomic E-state index is 11.9. The average Bonchev–Trinajstić information content (AvgIpc) is 2.52. The van der Waals surface area contributed by atoms with E-state index in [1.165, 1.54) is 0 Å². The van der Waals surface area contributed by atoms with Crippen LogP contribution in [-0.2, 0) is 9.59 Å². The van der Waals surface area contributed by atoms with Crippen molar-refractivity contribution in [2.75, 3.05) is 6.61 Å². The highest BCUT2D eigenvalue weighted by Crippen LogP contribution is 2.26. The summed E-state index contributed by atoms with van der Waals surface area (Å²) in [5.41, 5.74) is 0. The number of hydrogen-bond donors (Lipinski definition) is 2. The summed E-state index contributed by atoms with van der Waals surface area (Å²) in [6.07, 6.45) is 4.93. The van der Waals surface area contributed by atoms with E-state index < -0.39 is 17.9 Å². The first-order chi connectivity index (χ1) is 10.2. The van der Waals surface area contributed by atoms with Crippen molar-refractivity contribution < 1.29 is 19.4 Å². The van der Waals surface area contributed by atoms with Gasteiger partial charge in [0, 0.05) is 0 Å². The SMILES string of the molecule is O=C(COc1ccccc1)NC(C(=O)O)C1CCCCC1. The number of nitrogens with one attached hydrogen (secondary N) is 1. The molecule has 1 amide bonds. The lowest BCUT2D eigenvalue weighted by Gasteiger charge is -2.28. The van der Waals surface area contributed by atoms with Gasteiger partial charge >= 0.3 is 5.97 Å². The van der Waals surface area contributed by atoms with Gasteiger partial charge in [-0.1, -0.05) is 37.5 Å². The molecule has 114 valence electrons. The van der Waals surface area contributed by atoms with Crippen LogP contribution in [-0.4, -0.2) is 29.6 Å². The molecular weight excluding hydrogens is 270 g/mol. The number of hydrogen-bond acceptors (Lipinski definition) is 3. The van der Waals surface area contributed by atoms with E-state index in [2.05, 4.69) is 5.32 Å². The summed E-state index contributed by atoms with van der Waals surface area (Å²) in [5.74, 6) is -0.735. The van der Waals surface area contributed by atoms with E-state index >= 15 is 0 Å². The van der Waals surface area contributed by atoms with E-state index in [0.29, 0.717) is 5.75 Å². The second-order valence-electron chi connectivity index (χ2n) is 5.38. The van der Waals surface area contributed by atoms with Crippen LogP contribution in [0.3, 0.4) is 0 Å². The van der Waals surface area contributed by atoms with Crippen molar-refractivity contribution in [2.45, 2.75) is 38.1 Å².